The van der Waals surface area contributed by atoms with Crippen LogP contribution >= 0.6 is 0 Å². The molecule has 0 aromatic carbocycles. The van der Waals surface area contributed by atoms with Gasteiger partial charge in [0.2, 0.25) is 11.8 Å². The summed E-state index contributed by atoms with van der Waals surface area (Å²) in [5.74, 6) is -1.91. The summed E-state index contributed by atoms with van der Waals surface area (Å²) in [6.07, 6.45) is 0. The quantitative estimate of drug-likeness (QED) is 0.453. The molecule has 110 valence electrons. The van der Waals surface area contributed by atoms with Crippen LogP contribution in [0, 0.1) is 0 Å². The van der Waals surface area contributed by atoms with Gasteiger partial charge in [-0.1, -0.05) is 0 Å². The Morgan fingerprint density at radius 3 is 2.16 bits per heavy atom. The second kappa shape index (κ2) is 7.08. The highest BCUT2D eigenvalue weighted by Gasteiger charge is 2.27. The fourth-order valence-corrected chi connectivity index (χ4v) is 1.19. The number of rotatable bonds is 5. The number of esters is 1. The minimum Gasteiger partial charge on any atom is -0.464 e. The molecule has 0 spiro atoms. The van der Waals surface area contributed by atoms with Crippen molar-refractivity contribution >= 4 is 17.8 Å². The molecule has 4 N–H and O–H groups in total. The Hall–Kier alpha value is -1.63. The molecule has 0 fully saturated rings. The largest absolute Gasteiger partial charge is 0.464 e. The smallest absolute Gasteiger partial charge is 0.332 e. The minimum absolute atomic E-state index is 0.139. The first-order chi connectivity index (χ1) is 8.58. The van der Waals surface area contributed by atoms with Crippen LogP contribution in [0.4, 0.5) is 0 Å². The average Bonchev–Trinajstić information content (AvgIpc) is 2.25. The van der Waals surface area contributed by atoms with Gasteiger partial charge in [-0.25, -0.2) is 4.79 Å². The van der Waals surface area contributed by atoms with Crippen LogP contribution in [0.2, 0.25) is 0 Å². The van der Waals surface area contributed by atoms with Crippen molar-refractivity contribution in [2.24, 2.45) is 5.73 Å². The molecule has 0 aromatic heterocycles. The molecule has 0 aliphatic rings. The third-order valence-corrected chi connectivity index (χ3v) is 2.07. The lowest BCUT2D eigenvalue weighted by Gasteiger charge is -2.24. The predicted molar refractivity (Wildman–Crippen MR) is 70.1 cm³/mol. The second-order valence-electron chi connectivity index (χ2n) is 5.20. The molecule has 0 bridgehead atoms. The van der Waals surface area contributed by atoms with Gasteiger partial charge in [0, 0.05) is 5.54 Å². The number of carbonyl (C=O) groups is 3. The molecular weight excluding hydrogens is 250 g/mol. The third kappa shape index (κ3) is 6.76. The molecular formula is C12H23N3O4. The number of nitrogens with two attached hydrogens (primary N) is 1. The molecule has 0 aliphatic carbocycles. The zero-order chi connectivity index (χ0) is 15.2. The first kappa shape index (κ1) is 17.4. The summed E-state index contributed by atoms with van der Waals surface area (Å²) in [7, 11) is 0. The van der Waals surface area contributed by atoms with E-state index in [0.717, 1.165) is 0 Å². The van der Waals surface area contributed by atoms with Gasteiger partial charge in [-0.2, -0.15) is 0 Å². The molecule has 7 heteroatoms. The van der Waals surface area contributed by atoms with Crippen LogP contribution in [-0.2, 0) is 19.1 Å². The maximum Gasteiger partial charge on any atom is 0.332 e. The van der Waals surface area contributed by atoms with E-state index >= 15 is 0 Å². The van der Waals surface area contributed by atoms with E-state index in [-0.39, 0.29) is 12.5 Å². The summed E-state index contributed by atoms with van der Waals surface area (Å²) < 4.78 is 4.62. The van der Waals surface area contributed by atoms with Crippen LogP contribution in [-0.4, -0.2) is 42.0 Å². The van der Waals surface area contributed by atoms with Gasteiger partial charge in [-0.15, -0.1) is 0 Å². The van der Waals surface area contributed by atoms with Crippen molar-refractivity contribution in [3.05, 3.63) is 0 Å². The summed E-state index contributed by atoms with van der Waals surface area (Å²) in [5, 5.41) is 5.07. The van der Waals surface area contributed by atoms with Crippen LogP contribution in [0.25, 0.3) is 0 Å². The lowest BCUT2D eigenvalue weighted by atomic mass is 10.1. The number of carbonyl (C=O) groups excluding carboxylic acids is 3. The van der Waals surface area contributed by atoms with Crippen molar-refractivity contribution < 1.29 is 19.1 Å². The van der Waals surface area contributed by atoms with Crippen LogP contribution in [0.1, 0.15) is 34.6 Å². The standard InChI is InChI=1S/C12H23N3O4/c1-6-19-11(18)8(13)10(17)14-7(2)9(16)15-12(3,4)5/h7-8H,6,13H2,1-5H3,(H,14,17)(H,15,16). The SMILES string of the molecule is CCOC(=O)C(N)C(=O)NC(C)C(=O)NC(C)(C)C. The molecule has 19 heavy (non-hydrogen) atoms. The number of hydrogen-bond donors (Lipinski definition) is 3. The lowest BCUT2D eigenvalue weighted by Crippen LogP contribution is -2.55. The normalized spacial score (nSPS) is 14.2. The highest BCUT2D eigenvalue weighted by Crippen LogP contribution is 1.99. The van der Waals surface area contributed by atoms with E-state index in [1.807, 2.05) is 20.8 Å². The Morgan fingerprint density at radius 2 is 1.74 bits per heavy atom. The zero-order valence-electron chi connectivity index (χ0n) is 12.1. The van der Waals surface area contributed by atoms with Gasteiger partial charge >= 0.3 is 5.97 Å². The average molecular weight is 273 g/mol. The van der Waals surface area contributed by atoms with Gasteiger partial charge < -0.3 is 21.1 Å². The van der Waals surface area contributed by atoms with Gasteiger partial charge in [0.05, 0.1) is 6.61 Å². The van der Waals surface area contributed by atoms with E-state index in [2.05, 4.69) is 15.4 Å². The van der Waals surface area contributed by atoms with Crippen molar-refractivity contribution in [3.63, 3.8) is 0 Å². The number of nitrogens with one attached hydrogen (secondary N) is 2. The number of hydrogen-bond acceptors (Lipinski definition) is 5. The molecule has 0 saturated heterocycles. The molecule has 0 aromatic rings. The van der Waals surface area contributed by atoms with Crippen LogP contribution in [0.5, 0.6) is 0 Å². The summed E-state index contributed by atoms with van der Waals surface area (Å²) in [6.45, 7) is 8.73. The highest BCUT2D eigenvalue weighted by molar-refractivity contribution is 6.03. The highest BCUT2D eigenvalue weighted by atomic mass is 16.5. The maximum atomic E-state index is 11.7. The molecule has 0 heterocycles. The van der Waals surface area contributed by atoms with Crippen LogP contribution in [0.3, 0.4) is 0 Å². The summed E-state index contributed by atoms with van der Waals surface area (Å²) in [6, 6.07) is -2.21. The van der Waals surface area contributed by atoms with Gasteiger partial charge in [0.25, 0.3) is 0 Å². The third-order valence-electron chi connectivity index (χ3n) is 2.07. The summed E-state index contributed by atoms with van der Waals surface area (Å²) in [4.78, 5) is 34.6. The lowest BCUT2D eigenvalue weighted by molar-refractivity contribution is -0.148. The number of amides is 2. The predicted octanol–water partition coefficient (Wildman–Crippen LogP) is -0.704. The Labute approximate surface area is 113 Å². The zero-order valence-corrected chi connectivity index (χ0v) is 12.1. The van der Waals surface area contributed by atoms with Gasteiger partial charge in [0.15, 0.2) is 6.04 Å². The fraction of sp³-hybridized carbons (Fsp3) is 0.750. The van der Waals surface area contributed by atoms with E-state index in [9.17, 15) is 14.4 Å². The second-order valence-corrected chi connectivity index (χ2v) is 5.20. The van der Waals surface area contributed by atoms with Crippen molar-refractivity contribution in [2.75, 3.05) is 6.61 Å². The van der Waals surface area contributed by atoms with Crippen molar-refractivity contribution in [3.8, 4) is 0 Å². The van der Waals surface area contributed by atoms with Crippen molar-refractivity contribution in [2.45, 2.75) is 52.2 Å². The van der Waals surface area contributed by atoms with Crippen LogP contribution in [0.15, 0.2) is 0 Å². The van der Waals surface area contributed by atoms with Crippen molar-refractivity contribution in [1.82, 2.24) is 10.6 Å². The molecule has 0 rings (SSSR count). The first-order valence-corrected chi connectivity index (χ1v) is 6.13. The van der Waals surface area contributed by atoms with Gasteiger partial charge in [-0.05, 0) is 34.6 Å². The Kier molecular flexibility index (Phi) is 6.47. The van der Waals surface area contributed by atoms with Gasteiger partial charge in [0.1, 0.15) is 6.04 Å². The summed E-state index contributed by atoms with van der Waals surface area (Å²) >= 11 is 0. The van der Waals surface area contributed by atoms with E-state index in [4.69, 9.17) is 5.73 Å². The Morgan fingerprint density at radius 1 is 1.21 bits per heavy atom. The van der Waals surface area contributed by atoms with E-state index in [0.29, 0.717) is 0 Å². The molecule has 0 radical (unpaired) electrons. The van der Waals surface area contributed by atoms with E-state index in [1.54, 1.807) is 6.92 Å². The molecule has 2 amide bonds. The molecule has 0 saturated carbocycles. The molecule has 2 atom stereocenters. The monoisotopic (exact) mass is 273 g/mol. The molecule has 2 unspecified atom stereocenters. The van der Waals surface area contributed by atoms with Gasteiger partial charge in [-0.3, -0.25) is 9.59 Å². The van der Waals surface area contributed by atoms with Crippen LogP contribution < -0.4 is 16.4 Å². The maximum absolute atomic E-state index is 11.7. The summed E-state index contributed by atoms with van der Waals surface area (Å²) in [5.41, 5.74) is 5.00. The minimum atomic E-state index is -1.43. The number of ether oxygens (including phenoxy) is 1. The van der Waals surface area contributed by atoms with E-state index in [1.165, 1.54) is 6.92 Å². The topological polar surface area (TPSA) is 111 Å². The van der Waals surface area contributed by atoms with Crippen molar-refractivity contribution in [1.29, 1.82) is 0 Å². The molecule has 7 nitrogen and oxygen atoms in total. The Balaban J connectivity index is 4.40. The Bertz CT molecular complexity index is 349. The first-order valence-electron chi connectivity index (χ1n) is 6.13. The molecule has 0 aliphatic heterocycles. The fourth-order valence-electron chi connectivity index (χ4n) is 1.19. The van der Waals surface area contributed by atoms with E-state index < -0.39 is 29.5 Å².